The van der Waals surface area contributed by atoms with E-state index in [-0.39, 0.29) is 6.04 Å². The Morgan fingerprint density at radius 1 is 1.31 bits per heavy atom. The molecule has 2 aliphatic rings. The fourth-order valence-electron chi connectivity index (χ4n) is 2.47. The van der Waals surface area contributed by atoms with Crippen molar-refractivity contribution in [3.8, 4) is 0 Å². The highest BCUT2D eigenvalue weighted by Gasteiger charge is 2.35. The van der Waals surface area contributed by atoms with E-state index in [1.54, 1.807) is 4.90 Å². The maximum Gasteiger partial charge on any atom is 0.240 e. The Bertz CT molecular complexity index is 199. The van der Waals surface area contributed by atoms with Crippen molar-refractivity contribution in [2.45, 2.75) is 38.1 Å². The SMILES string of the molecule is CN1CN[C@@H](C2CCCCC2)C1=O. The second-order valence-corrected chi connectivity index (χ2v) is 4.27. The Morgan fingerprint density at radius 2 is 2.00 bits per heavy atom. The van der Waals surface area contributed by atoms with Gasteiger partial charge in [0.2, 0.25) is 5.91 Å². The highest BCUT2D eigenvalue weighted by Crippen LogP contribution is 2.28. The molecule has 13 heavy (non-hydrogen) atoms. The molecule has 1 saturated heterocycles. The van der Waals surface area contributed by atoms with E-state index in [4.69, 9.17) is 0 Å². The van der Waals surface area contributed by atoms with Gasteiger partial charge in [0.05, 0.1) is 12.7 Å². The van der Waals surface area contributed by atoms with Crippen LogP contribution in [0.25, 0.3) is 0 Å². The van der Waals surface area contributed by atoms with Gasteiger partial charge in [-0.25, -0.2) is 0 Å². The molecule has 0 radical (unpaired) electrons. The fraction of sp³-hybridized carbons (Fsp3) is 0.900. The monoisotopic (exact) mass is 182 g/mol. The van der Waals surface area contributed by atoms with E-state index in [0.29, 0.717) is 11.8 Å². The number of hydrogen-bond acceptors (Lipinski definition) is 2. The number of hydrogen-bond donors (Lipinski definition) is 1. The van der Waals surface area contributed by atoms with E-state index in [0.717, 1.165) is 6.67 Å². The highest BCUT2D eigenvalue weighted by atomic mass is 16.2. The summed E-state index contributed by atoms with van der Waals surface area (Å²) in [4.78, 5) is 13.5. The Balaban J connectivity index is 1.96. The minimum Gasteiger partial charge on any atom is -0.332 e. The van der Waals surface area contributed by atoms with Gasteiger partial charge in [-0.3, -0.25) is 10.1 Å². The Kier molecular flexibility index (Phi) is 2.54. The van der Waals surface area contributed by atoms with Crippen LogP contribution in [0, 0.1) is 5.92 Å². The lowest BCUT2D eigenvalue weighted by Crippen LogP contribution is -2.37. The summed E-state index contributed by atoms with van der Waals surface area (Å²) >= 11 is 0. The molecular formula is C10H18N2O. The molecule has 1 N–H and O–H groups in total. The van der Waals surface area contributed by atoms with Crippen LogP contribution >= 0.6 is 0 Å². The lowest BCUT2D eigenvalue weighted by atomic mass is 9.84. The quantitative estimate of drug-likeness (QED) is 0.655. The molecule has 1 amide bonds. The van der Waals surface area contributed by atoms with Gasteiger partial charge < -0.3 is 4.90 Å². The summed E-state index contributed by atoms with van der Waals surface area (Å²) < 4.78 is 0. The van der Waals surface area contributed by atoms with Crippen molar-refractivity contribution >= 4 is 5.91 Å². The summed E-state index contributed by atoms with van der Waals surface area (Å²) in [6.07, 6.45) is 6.43. The number of carbonyl (C=O) groups excluding carboxylic acids is 1. The maximum absolute atomic E-state index is 11.7. The van der Waals surface area contributed by atoms with Crippen LogP contribution in [0.2, 0.25) is 0 Å². The third-order valence-electron chi connectivity index (χ3n) is 3.31. The summed E-state index contributed by atoms with van der Waals surface area (Å²) in [7, 11) is 1.87. The van der Waals surface area contributed by atoms with Crippen LogP contribution < -0.4 is 5.32 Å². The number of nitrogens with zero attached hydrogens (tertiary/aromatic N) is 1. The van der Waals surface area contributed by atoms with Crippen molar-refractivity contribution in [1.29, 1.82) is 0 Å². The lowest BCUT2D eigenvalue weighted by Gasteiger charge is -2.25. The molecule has 0 aromatic carbocycles. The smallest absolute Gasteiger partial charge is 0.240 e. The van der Waals surface area contributed by atoms with Crippen LogP contribution in [-0.2, 0) is 4.79 Å². The van der Waals surface area contributed by atoms with Crippen molar-refractivity contribution in [2.75, 3.05) is 13.7 Å². The first-order valence-electron chi connectivity index (χ1n) is 5.27. The molecule has 3 heteroatoms. The largest absolute Gasteiger partial charge is 0.332 e. The van der Waals surface area contributed by atoms with Gasteiger partial charge in [0, 0.05) is 7.05 Å². The Hall–Kier alpha value is -0.570. The zero-order chi connectivity index (χ0) is 9.26. The molecule has 0 aromatic rings. The molecule has 0 spiro atoms. The number of nitrogens with one attached hydrogen (secondary N) is 1. The first-order chi connectivity index (χ1) is 6.29. The standard InChI is InChI=1S/C10H18N2O/c1-12-7-11-9(10(12)13)8-5-3-2-4-6-8/h8-9,11H,2-7H2,1H3/t9-/m0/s1. The topological polar surface area (TPSA) is 32.3 Å². The minimum atomic E-state index is 0.130. The van der Waals surface area contributed by atoms with Crippen LogP contribution in [0.4, 0.5) is 0 Å². The third-order valence-corrected chi connectivity index (χ3v) is 3.31. The third kappa shape index (κ3) is 1.70. The van der Waals surface area contributed by atoms with Gasteiger partial charge >= 0.3 is 0 Å². The van der Waals surface area contributed by atoms with E-state index in [1.165, 1.54) is 32.1 Å². The Labute approximate surface area is 79.5 Å². The molecule has 1 aliphatic heterocycles. The summed E-state index contributed by atoms with van der Waals surface area (Å²) in [6, 6.07) is 0.130. The molecular weight excluding hydrogens is 164 g/mol. The average Bonchev–Trinajstić information content (AvgIpc) is 2.49. The molecule has 1 saturated carbocycles. The number of amides is 1. The molecule has 2 rings (SSSR count). The van der Waals surface area contributed by atoms with Crippen molar-refractivity contribution in [1.82, 2.24) is 10.2 Å². The fourth-order valence-corrected chi connectivity index (χ4v) is 2.47. The molecule has 2 fully saturated rings. The van der Waals surface area contributed by atoms with Crippen LogP contribution in [0.15, 0.2) is 0 Å². The van der Waals surface area contributed by atoms with Gasteiger partial charge in [-0.1, -0.05) is 19.3 Å². The average molecular weight is 182 g/mol. The summed E-state index contributed by atoms with van der Waals surface area (Å²) in [5.74, 6) is 0.901. The maximum atomic E-state index is 11.7. The van der Waals surface area contributed by atoms with Crippen LogP contribution in [0.1, 0.15) is 32.1 Å². The van der Waals surface area contributed by atoms with E-state index in [2.05, 4.69) is 5.32 Å². The highest BCUT2D eigenvalue weighted by molar-refractivity contribution is 5.83. The minimum absolute atomic E-state index is 0.130. The molecule has 74 valence electrons. The van der Waals surface area contributed by atoms with E-state index in [1.807, 2.05) is 7.05 Å². The van der Waals surface area contributed by atoms with E-state index >= 15 is 0 Å². The van der Waals surface area contributed by atoms with Crippen LogP contribution in [0.5, 0.6) is 0 Å². The van der Waals surface area contributed by atoms with E-state index in [9.17, 15) is 4.79 Å². The predicted octanol–water partition coefficient (Wildman–Crippen LogP) is 0.954. The molecule has 0 aromatic heterocycles. The van der Waals surface area contributed by atoms with Crippen molar-refractivity contribution in [3.63, 3.8) is 0 Å². The molecule has 3 nitrogen and oxygen atoms in total. The zero-order valence-electron chi connectivity index (χ0n) is 8.25. The molecule has 0 unspecified atom stereocenters. The first-order valence-corrected chi connectivity index (χ1v) is 5.27. The summed E-state index contributed by atoms with van der Waals surface area (Å²) in [5.41, 5.74) is 0. The number of carbonyl (C=O) groups is 1. The van der Waals surface area contributed by atoms with Gasteiger partial charge in [-0.15, -0.1) is 0 Å². The molecule has 1 atom stereocenters. The van der Waals surface area contributed by atoms with Crippen LogP contribution in [-0.4, -0.2) is 30.6 Å². The lowest BCUT2D eigenvalue weighted by molar-refractivity contribution is -0.129. The van der Waals surface area contributed by atoms with Crippen molar-refractivity contribution in [2.24, 2.45) is 5.92 Å². The van der Waals surface area contributed by atoms with Gasteiger partial charge in [0.1, 0.15) is 0 Å². The normalized spacial score (nSPS) is 31.3. The van der Waals surface area contributed by atoms with Gasteiger partial charge in [0.25, 0.3) is 0 Å². The van der Waals surface area contributed by atoms with Gasteiger partial charge in [-0.2, -0.15) is 0 Å². The summed E-state index contributed by atoms with van der Waals surface area (Å²) in [5, 5.41) is 3.30. The number of likely N-dealkylation sites (N-methyl/N-ethyl adjacent to an activating group) is 1. The van der Waals surface area contributed by atoms with Crippen LogP contribution in [0.3, 0.4) is 0 Å². The zero-order valence-corrected chi connectivity index (χ0v) is 8.25. The van der Waals surface area contributed by atoms with Crippen molar-refractivity contribution in [3.05, 3.63) is 0 Å². The first kappa shape index (κ1) is 9.00. The second-order valence-electron chi connectivity index (χ2n) is 4.27. The van der Waals surface area contributed by atoms with Gasteiger partial charge in [-0.05, 0) is 18.8 Å². The molecule has 0 bridgehead atoms. The number of rotatable bonds is 1. The van der Waals surface area contributed by atoms with Gasteiger partial charge in [0.15, 0.2) is 0 Å². The van der Waals surface area contributed by atoms with E-state index < -0.39 is 0 Å². The molecule has 1 aliphatic carbocycles. The molecule has 1 heterocycles. The second kappa shape index (κ2) is 3.66. The summed E-state index contributed by atoms with van der Waals surface area (Å²) in [6.45, 7) is 0.736. The predicted molar refractivity (Wildman–Crippen MR) is 51.1 cm³/mol. The Morgan fingerprint density at radius 3 is 2.54 bits per heavy atom. The van der Waals surface area contributed by atoms with Crippen molar-refractivity contribution < 1.29 is 4.79 Å².